The van der Waals surface area contributed by atoms with Crippen LogP contribution in [0.1, 0.15) is 49.9 Å². The van der Waals surface area contributed by atoms with E-state index < -0.39 is 0 Å². The van der Waals surface area contributed by atoms with Crippen LogP contribution in [0.25, 0.3) is 0 Å². The van der Waals surface area contributed by atoms with Crippen LogP contribution in [0.15, 0.2) is 6.20 Å². The van der Waals surface area contributed by atoms with Crippen molar-refractivity contribution < 1.29 is 4.74 Å². The zero-order valence-corrected chi connectivity index (χ0v) is 10.9. The molecular weight excluding hydrogens is 214 g/mol. The number of ether oxygens (including phenoxy) is 1. The van der Waals surface area contributed by atoms with Crippen LogP contribution in [-0.4, -0.2) is 22.6 Å². The Kier molecular flexibility index (Phi) is 4.07. The summed E-state index contributed by atoms with van der Waals surface area (Å²) >= 11 is 0. The van der Waals surface area contributed by atoms with Crippen molar-refractivity contribution in [3.63, 3.8) is 0 Å². The molecule has 0 amide bonds. The monoisotopic (exact) mass is 235 g/mol. The average molecular weight is 235 g/mol. The fourth-order valence-electron chi connectivity index (χ4n) is 1.72. The largest absolute Gasteiger partial charge is 0.371 e. The third-order valence-corrected chi connectivity index (χ3v) is 3.01. The van der Waals surface area contributed by atoms with Gasteiger partial charge in [0.15, 0.2) is 5.82 Å². The summed E-state index contributed by atoms with van der Waals surface area (Å²) in [4.78, 5) is 8.93. The molecule has 1 aromatic rings. The smallest absolute Gasteiger partial charge is 0.157 e. The molecule has 1 aliphatic rings. The quantitative estimate of drug-likeness (QED) is 0.820. The van der Waals surface area contributed by atoms with Gasteiger partial charge in [-0.1, -0.05) is 0 Å². The molecule has 2 rings (SSSR count). The fraction of sp³-hybridized carbons (Fsp3) is 0.692. The van der Waals surface area contributed by atoms with E-state index in [1.165, 1.54) is 12.8 Å². The standard InChI is InChI=1S/C13H21N3O/c1-4-17-10(3)13-15-7-9(2)12(16-13)8-14-11-5-6-11/h7,10-11,14H,4-6,8H2,1-3H3. The van der Waals surface area contributed by atoms with Gasteiger partial charge in [0, 0.05) is 25.4 Å². The summed E-state index contributed by atoms with van der Waals surface area (Å²) in [5, 5.41) is 3.48. The van der Waals surface area contributed by atoms with E-state index in [1.807, 2.05) is 20.0 Å². The lowest BCUT2D eigenvalue weighted by Crippen LogP contribution is -2.18. The second-order valence-corrected chi connectivity index (χ2v) is 4.61. The Morgan fingerprint density at radius 3 is 2.94 bits per heavy atom. The van der Waals surface area contributed by atoms with Crippen molar-refractivity contribution in [1.29, 1.82) is 0 Å². The average Bonchev–Trinajstić information content (AvgIpc) is 3.12. The van der Waals surface area contributed by atoms with Gasteiger partial charge in [0.1, 0.15) is 6.10 Å². The molecule has 4 nitrogen and oxygen atoms in total. The summed E-state index contributed by atoms with van der Waals surface area (Å²) in [7, 11) is 0. The van der Waals surface area contributed by atoms with Crippen molar-refractivity contribution in [2.24, 2.45) is 0 Å². The minimum Gasteiger partial charge on any atom is -0.371 e. The van der Waals surface area contributed by atoms with Crippen molar-refractivity contribution in [3.05, 3.63) is 23.3 Å². The number of aryl methyl sites for hydroxylation is 1. The Balaban J connectivity index is 2.04. The zero-order valence-electron chi connectivity index (χ0n) is 10.9. The molecule has 1 atom stereocenters. The number of nitrogens with one attached hydrogen (secondary N) is 1. The van der Waals surface area contributed by atoms with E-state index >= 15 is 0 Å². The predicted octanol–water partition coefficient (Wildman–Crippen LogP) is 2.13. The molecule has 1 unspecified atom stereocenters. The molecule has 1 heterocycles. The molecule has 1 N–H and O–H groups in total. The summed E-state index contributed by atoms with van der Waals surface area (Å²) in [6.45, 7) is 7.56. The van der Waals surface area contributed by atoms with E-state index in [0.717, 1.165) is 23.6 Å². The van der Waals surface area contributed by atoms with E-state index in [0.29, 0.717) is 12.6 Å². The van der Waals surface area contributed by atoms with Gasteiger partial charge in [-0.15, -0.1) is 0 Å². The Bertz CT molecular complexity index is 377. The molecule has 4 heteroatoms. The number of hydrogen-bond acceptors (Lipinski definition) is 4. The van der Waals surface area contributed by atoms with Crippen LogP contribution < -0.4 is 5.32 Å². The van der Waals surface area contributed by atoms with Crippen LogP contribution >= 0.6 is 0 Å². The van der Waals surface area contributed by atoms with Gasteiger partial charge in [0.25, 0.3) is 0 Å². The van der Waals surface area contributed by atoms with Crippen molar-refractivity contribution in [1.82, 2.24) is 15.3 Å². The number of rotatable bonds is 6. The van der Waals surface area contributed by atoms with Gasteiger partial charge >= 0.3 is 0 Å². The molecule has 1 fully saturated rings. The number of hydrogen-bond donors (Lipinski definition) is 1. The summed E-state index contributed by atoms with van der Waals surface area (Å²) in [5.74, 6) is 0.782. The molecule has 0 saturated heterocycles. The molecule has 17 heavy (non-hydrogen) atoms. The minimum atomic E-state index is -0.0275. The van der Waals surface area contributed by atoms with Crippen LogP contribution in [0, 0.1) is 6.92 Å². The minimum absolute atomic E-state index is 0.0275. The highest BCUT2D eigenvalue weighted by Gasteiger charge is 2.21. The van der Waals surface area contributed by atoms with Crippen LogP contribution in [0.5, 0.6) is 0 Å². The Morgan fingerprint density at radius 1 is 1.53 bits per heavy atom. The maximum absolute atomic E-state index is 5.52. The lowest BCUT2D eigenvalue weighted by Gasteiger charge is -2.13. The number of nitrogens with zero attached hydrogens (tertiary/aromatic N) is 2. The summed E-state index contributed by atoms with van der Waals surface area (Å²) in [5.41, 5.74) is 2.24. The summed E-state index contributed by atoms with van der Waals surface area (Å²) in [6.07, 6.45) is 4.46. The maximum Gasteiger partial charge on any atom is 0.157 e. The predicted molar refractivity (Wildman–Crippen MR) is 66.7 cm³/mol. The lowest BCUT2D eigenvalue weighted by molar-refractivity contribution is 0.0698. The molecule has 0 bridgehead atoms. The molecule has 1 saturated carbocycles. The van der Waals surface area contributed by atoms with Gasteiger partial charge < -0.3 is 10.1 Å². The van der Waals surface area contributed by atoms with E-state index in [-0.39, 0.29) is 6.10 Å². The number of aromatic nitrogens is 2. The van der Waals surface area contributed by atoms with Gasteiger partial charge in [-0.05, 0) is 39.2 Å². The van der Waals surface area contributed by atoms with Gasteiger partial charge in [-0.3, -0.25) is 0 Å². The van der Waals surface area contributed by atoms with E-state index in [1.54, 1.807) is 0 Å². The lowest BCUT2D eigenvalue weighted by atomic mass is 10.2. The SMILES string of the molecule is CCOC(C)c1ncc(C)c(CNC2CC2)n1. The van der Waals surface area contributed by atoms with Crippen molar-refractivity contribution in [2.45, 2.75) is 52.3 Å². The van der Waals surface area contributed by atoms with Gasteiger partial charge in [-0.2, -0.15) is 0 Å². The highest BCUT2D eigenvalue weighted by molar-refractivity contribution is 5.16. The first-order valence-electron chi connectivity index (χ1n) is 6.38. The topological polar surface area (TPSA) is 47.0 Å². The molecule has 1 aromatic heterocycles. The second-order valence-electron chi connectivity index (χ2n) is 4.61. The molecule has 0 radical (unpaired) electrons. The zero-order chi connectivity index (χ0) is 12.3. The summed E-state index contributed by atoms with van der Waals surface area (Å²) < 4.78 is 5.52. The molecule has 1 aliphatic carbocycles. The van der Waals surface area contributed by atoms with Crippen molar-refractivity contribution >= 4 is 0 Å². The Hall–Kier alpha value is -1.00. The first-order chi connectivity index (χ1) is 8.20. The highest BCUT2D eigenvalue weighted by atomic mass is 16.5. The molecule has 0 spiro atoms. The van der Waals surface area contributed by atoms with Crippen molar-refractivity contribution in [2.75, 3.05) is 6.61 Å². The van der Waals surface area contributed by atoms with Gasteiger partial charge in [0.2, 0.25) is 0 Å². The Labute approximate surface area is 103 Å². The van der Waals surface area contributed by atoms with E-state index in [2.05, 4.69) is 22.2 Å². The second kappa shape index (κ2) is 5.56. The van der Waals surface area contributed by atoms with Crippen LogP contribution in [0.2, 0.25) is 0 Å². The molecule has 0 aliphatic heterocycles. The molecule has 0 aromatic carbocycles. The first-order valence-corrected chi connectivity index (χ1v) is 6.38. The van der Waals surface area contributed by atoms with Gasteiger partial charge in [-0.25, -0.2) is 9.97 Å². The third-order valence-electron chi connectivity index (χ3n) is 3.01. The molecular formula is C13H21N3O. The summed E-state index contributed by atoms with van der Waals surface area (Å²) in [6, 6.07) is 0.706. The van der Waals surface area contributed by atoms with E-state index in [9.17, 15) is 0 Å². The van der Waals surface area contributed by atoms with Crippen LogP contribution in [0.3, 0.4) is 0 Å². The van der Waals surface area contributed by atoms with E-state index in [4.69, 9.17) is 4.74 Å². The maximum atomic E-state index is 5.52. The Morgan fingerprint density at radius 2 is 2.29 bits per heavy atom. The first kappa shape index (κ1) is 12.5. The van der Waals surface area contributed by atoms with Crippen LogP contribution in [0.4, 0.5) is 0 Å². The van der Waals surface area contributed by atoms with Crippen molar-refractivity contribution in [3.8, 4) is 0 Å². The highest BCUT2D eigenvalue weighted by Crippen LogP contribution is 2.20. The molecule has 94 valence electrons. The fourth-order valence-corrected chi connectivity index (χ4v) is 1.72. The van der Waals surface area contributed by atoms with Crippen LogP contribution in [-0.2, 0) is 11.3 Å². The third kappa shape index (κ3) is 3.48. The van der Waals surface area contributed by atoms with Gasteiger partial charge in [0.05, 0.1) is 5.69 Å². The normalized spacial score (nSPS) is 17.1.